The Morgan fingerprint density at radius 2 is 1.90 bits per heavy atom. The van der Waals surface area contributed by atoms with Crippen molar-refractivity contribution in [2.24, 2.45) is 7.05 Å². The van der Waals surface area contributed by atoms with Gasteiger partial charge in [0.1, 0.15) is 23.8 Å². The van der Waals surface area contributed by atoms with Crippen LogP contribution in [-0.4, -0.2) is 38.3 Å². The van der Waals surface area contributed by atoms with Gasteiger partial charge in [-0.05, 0) is 13.3 Å². The number of hydrogen-bond acceptors (Lipinski definition) is 6. The van der Waals surface area contributed by atoms with Gasteiger partial charge in [0.05, 0.1) is 0 Å². The Morgan fingerprint density at radius 1 is 1.14 bits per heavy atom. The van der Waals surface area contributed by atoms with Crippen LogP contribution in [0.3, 0.4) is 0 Å². The molecular weight excluding hydrogens is 266 g/mol. The van der Waals surface area contributed by atoms with Gasteiger partial charge in [-0.3, -0.25) is 4.68 Å². The first-order valence-electron chi connectivity index (χ1n) is 7.27. The molecule has 2 aromatic heterocycles. The molecule has 2 aromatic rings. The van der Waals surface area contributed by atoms with Gasteiger partial charge in [-0.25, -0.2) is 15.0 Å². The van der Waals surface area contributed by atoms with Crippen LogP contribution in [0, 0.1) is 6.92 Å². The van der Waals surface area contributed by atoms with E-state index in [4.69, 9.17) is 0 Å². The number of aryl methyl sites for hydroxylation is 2. The van der Waals surface area contributed by atoms with Crippen molar-refractivity contribution in [2.45, 2.75) is 33.1 Å². The molecule has 0 fully saturated rings. The van der Waals surface area contributed by atoms with E-state index in [1.54, 1.807) is 11.0 Å². The SMILES string of the molecule is CCCc1nc(NC)c(C)c(NCCc2ncn(C)n2)n1. The second-order valence-electron chi connectivity index (χ2n) is 4.97. The van der Waals surface area contributed by atoms with E-state index >= 15 is 0 Å². The Balaban J connectivity index is 2.05. The van der Waals surface area contributed by atoms with Crippen molar-refractivity contribution in [2.75, 3.05) is 24.2 Å². The van der Waals surface area contributed by atoms with Crippen LogP contribution in [0.5, 0.6) is 0 Å². The number of nitrogens with zero attached hydrogens (tertiary/aromatic N) is 5. The van der Waals surface area contributed by atoms with Gasteiger partial charge in [-0.15, -0.1) is 0 Å². The first-order valence-corrected chi connectivity index (χ1v) is 7.27. The molecule has 0 aliphatic heterocycles. The van der Waals surface area contributed by atoms with Crippen molar-refractivity contribution in [1.82, 2.24) is 24.7 Å². The smallest absolute Gasteiger partial charge is 0.152 e. The van der Waals surface area contributed by atoms with E-state index in [1.165, 1.54) is 0 Å². The lowest BCUT2D eigenvalue weighted by atomic mass is 10.2. The van der Waals surface area contributed by atoms with E-state index in [1.807, 2.05) is 21.0 Å². The summed E-state index contributed by atoms with van der Waals surface area (Å²) in [4.78, 5) is 13.3. The Morgan fingerprint density at radius 3 is 2.52 bits per heavy atom. The minimum atomic E-state index is 0.747. The molecule has 0 aromatic carbocycles. The van der Waals surface area contributed by atoms with Crippen LogP contribution in [0.25, 0.3) is 0 Å². The molecule has 0 saturated heterocycles. The lowest BCUT2D eigenvalue weighted by molar-refractivity contribution is 0.741. The van der Waals surface area contributed by atoms with Crippen molar-refractivity contribution in [1.29, 1.82) is 0 Å². The first-order chi connectivity index (χ1) is 10.1. The highest BCUT2D eigenvalue weighted by Gasteiger charge is 2.09. The van der Waals surface area contributed by atoms with Crippen LogP contribution in [0.2, 0.25) is 0 Å². The summed E-state index contributed by atoms with van der Waals surface area (Å²) < 4.78 is 1.71. The monoisotopic (exact) mass is 289 g/mol. The summed E-state index contributed by atoms with van der Waals surface area (Å²) in [5.41, 5.74) is 1.03. The number of hydrogen-bond donors (Lipinski definition) is 2. The molecule has 0 amide bonds. The third-order valence-corrected chi connectivity index (χ3v) is 3.19. The predicted octanol–water partition coefficient (Wildman–Crippen LogP) is 1.56. The lowest BCUT2D eigenvalue weighted by Gasteiger charge is -2.13. The fourth-order valence-corrected chi connectivity index (χ4v) is 2.11. The average molecular weight is 289 g/mol. The van der Waals surface area contributed by atoms with Crippen LogP contribution >= 0.6 is 0 Å². The van der Waals surface area contributed by atoms with Crippen LogP contribution < -0.4 is 10.6 Å². The van der Waals surface area contributed by atoms with Crippen LogP contribution in [0.4, 0.5) is 11.6 Å². The molecule has 0 spiro atoms. The number of anilines is 2. The van der Waals surface area contributed by atoms with Gasteiger partial charge in [-0.1, -0.05) is 6.92 Å². The first kappa shape index (κ1) is 15.2. The fourth-order valence-electron chi connectivity index (χ4n) is 2.11. The lowest BCUT2D eigenvalue weighted by Crippen LogP contribution is -2.12. The third kappa shape index (κ3) is 3.90. The van der Waals surface area contributed by atoms with E-state index in [-0.39, 0.29) is 0 Å². The minimum Gasteiger partial charge on any atom is -0.373 e. The van der Waals surface area contributed by atoms with Gasteiger partial charge < -0.3 is 10.6 Å². The van der Waals surface area contributed by atoms with Crippen molar-refractivity contribution in [3.05, 3.63) is 23.5 Å². The van der Waals surface area contributed by atoms with Crippen LogP contribution in [0.15, 0.2) is 6.33 Å². The maximum Gasteiger partial charge on any atom is 0.152 e. The summed E-state index contributed by atoms with van der Waals surface area (Å²) in [6, 6.07) is 0. The molecule has 7 nitrogen and oxygen atoms in total. The zero-order valence-electron chi connectivity index (χ0n) is 13.1. The van der Waals surface area contributed by atoms with Crippen molar-refractivity contribution in [3.63, 3.8) is 0 Å². The second-order valence-corrected chi connectivity index (χ2v) is 4.97. The summed E-state index contributed by atoms with van der Waals surface area (Å²) in [5.74, 6) is 3.46. The Labute approximate surface area is 125 Å². The second kappa shape index (κ2) is 7.01. The van der Waals surface area contributed by atoms with Gasteiger partial charge in [0, 0.05) is 39.0 Å². The molecule has 2 rings (SSSR count). The quantitative estimate of drug-likeness (QED) is 0.805. The van der Waals surface area contributed by atoms with E-state index in [0.29, 0.717) is 0 Å². The highest BCUT2D eigenvalue weighted by molar-refractivity contribution is 5.57. The minimum absolute atomic E-state index is 0.747. The van der Waals surface area contributed by atoms with Crippen LogP contribution in [0.1, 0.15) is 30.6 Å². The summed E-state index contributed by atoms with van der Waals surface area (Å²) in [7, 11) is 3.75. The molecule has 2 N–H and O–H groups in total. The van der Waals surface area contributed by atoms with Crippen molar-refractivity contribution in [3.8, 4) is 0 Å². The molecule has 21 heavy (non-hydrogen) atoms. The van der Waals surface area contributed by atoms with Gasteiger partial charge in [-0.2, -0.15) is 5.10 Å². The van der Waals surface area contributed by atoms with Crippen molar-refractivity contribution >= 4 is 11.6 Å². The summed E-state index contributed by atoms with van der Waals surface area (Å²) in [6.07, 6.45) is 4.39. The normalized spacial score (nSPS) is 10.7. The summed E-state index contributed by atoms with van der Waals surface area (Å²) in [6.45, 7) is 4.89. The Hall–Kier alpha value is -2.18. The summed E-state index contributed by atoms with van der Waals surface area (Å²) >= 11 is 0. The topological polar surface area (TPSA) is 80.5 Å². The highest BCUT2D eigenvalue weighted by Crippen LogP contribution is 2.20. The average Bonchev–Trinajstić information content (AvgIpc) is 2.88. The molecule has 2 heterocycles. The molecule has 0 saturated carbocycles. The van der Waals surface area contributed by atoms with E-state index < -0.39 is 0 Å². The molecule has 7 heteroatoms. The Bertz CT molecular complexity index is 591. The van der Waals surface area contributed by atoms with E-state index in [0.717, 1.165) is 54.7 Å². The summed E-state index contributed by atoms with van der Waals surface area (Å²) in [5, 5.41) is 10.8. The fraction of sp³-hybridized carbons (Fsp3) is 0.571. The molecule has 0 aliphatic carbocycles. The number of aromatic nitrogens is 5. The van der Waals surface area contributed by atoms with E-state index in [2.05, 4.69) is 37.6 Å². The van der Waals surface area contributed by atoms with Gasteiger partial charge in [0.2, 0.25) is 0 Å². The van der Waals surface area contributed by atoms with Crippen LogP contribution in [-0.2, 0) is 19.9 Å². The standard InChI is InChI=1S/C14H23N7/c1-5-6-12-18-13(15-3)10(2)14(19-12)16-8-7-11-17-9-21(4)20-11/h9H,5-8H2,1-4H3,(H2,15,16,18,19). The molecule has 0 radical (unpaired) electrons. The molecule has 0 aliphatic rings. The Kier molecular flexibility index (Phi) is 5.08. The maximum atomic E-state index is 4.60. The zero-order valence-corrected chi connectivity index (χ0v) is 13.1. The third-order valence-electron chi connectivity index (χ3n) is 3.19. The van der Waals surface area contributed by atoms with E-state index in [9.17, 15) is 0 Å². The van der Waals surface area contributed by atoms with Crippen molar-refractivity contribution < 1.29 is 0 Å². The van der Waals surface area contributed by atoms with Gasteiger partial charge in [0.15, 0.2) is 5.82 Å². The highest BCUT2D eigenvalue weighted by atomic mass is 15.3. The zero-order chi connectivity index (χ0) is 15.2. The van der Waals surface area contributed by atoms with Gasteiger partial charge >= 0.3 is 0 Å². The molecular formula is C14H23N7. The van der Waals surface area contributed by atoms with Gasteiger partial charge in [0.25, 0.3) is 0 Å². The maximum absolute atomic E-state index is 4.60. The predicted molar refractivity (Wildman–Crippen MR) is 83.5 cm³/mol. The number of rotatable bonds is 7. The number of nitrogens with one attached hydrogen (secondary N) is 2. The molecule has 114 valence electrons. The molecule has 0 unspecified atom stereocenters. The molecule has 0 bridgehead atoms. The largest absolute Gasteiger partial charge is 0.373 e. The molecule has 0 atom stereocenters.